The second-order valence-corrected chi connectivity index (χ2v) is 8.57. The Kier molecular flexibility index (Phi) is 8.51. The summed E-state index contributed by atoms with van der Waals surface area (Å²) in [5.74, 6) is -1.33. The summed E-state index contributed by atoms with van der Waals surface area (Å²) in [5, 5.41) is 11.2. The van der Waals surface area contributed by atoms with Crippen LogP contribution < -0.4 is 9.47 Å². The van der Waals surface area contributed by atoms with E-state index in [4.69, 9.17) is 14.2 Å². The third-order valence-electron chi connectivity index (χ3n) is 5.77. The molecule has 1 N–H and O–H groups in total. The van der Waals surface area contributed by atoms with Gasteiger partial charge in [-0.1, -0.05) is 6.07 Å². The number of halogens is 1. The summed E-state index contributed by atoms with van der Waals surface area (Å²) in [7, 11) is 1.52. The summed E-state index contributed by atoms with van der Waals surface area (Å²) in [6, 6.07) is 8.34. The minimum absolute atomic E-state index is 0.0401. The monoisotopic (exact) mass is 485 g/mol. The molecule has 1 saturated heterocycles. The van der Waals surface area contributed by atoms with Crippen molar-refractivity contribution in [3.63, 3.8) is 0 Å². The van der Waals surface area contributed by atoms with Gasteiger partial charge in [-0.2, -0.15) is 0 Å². The molecule has 0 saturated carbocycles. The van der Waals surface area contributed by atoms with E-state index in [1.165, 1.54) is 30.2 Å². The highest BCUT2D eigenvalue weighted by molar-refractivity contribution is 6.46. The number of carbonyl (C=O) groups is 2. The van der Waals surface area contributed by atoms with Gasteiger partial charge in [-0.3, -0.25) is 9.59 Å². The molecule has 0 radical (unpaired) electrons. The molecule has 0 spiro atoms. The Labute approximate surface area is 205 Å². The van der Waals surface area contributed by atoms with Crippen molar-refractivity contribution in [1.82, 2.24) is 4.90 Å². The van der Waals surface area contributed by atoms with Gasteiger partial charge in [-0.05, 0) is 75.6 Å². The summed E-state index contributed by atoms with van der Waals surface area (Å²) in [6.07, 6.45) is 0.546. The number of likely N-dealkylation sites (tertiary alicyclic amines) is 1. The standard InChI is InChI=1S/C27H32FNO6/c1-6-34-22-15-18(9-11-21(22)33-5)24-23(25(30)19-8-10-20(28)17(4)14-19)26(31)27(32)29(24)12-7-13-35-16(2)3/h8-11,14-16,24,30H,6-7,12-13H2,1-5H3/b25-23-. The zero-order valence-corrected chi connectivity index (χ0v) is 20.8. The number of aliphatic hydroxyl groups excluding tert-OH is 1. The summed E-state index contributed by atoms with van der Waals surface area (Å²) in [5.41, 5.74) is 1.10. The number of Topliss-reactive ketones (excluding diaryl/α,β-unsaturated/α-hetero) is 1. The smallest absolute Gasteiger partial charge is 0.295 e. The molecule has 0 bridgehead atoms. The predicted octanol–water partition coefficient (Wildman–Crippen LogP) is 4.78. The molecule has 2 aromatic rings. The quantitative estimate of drug-likeness (QED) is 0.226. The number of benzene rings is 2. The van der Waals surface area contributed by atoms with E-state index in [1.54, 1.807) is 25.1 Å². The molecule has 0 aliphatic carbocycles. The SMILES string of the molecule is CCOc1cc(C2/C(=C(/O)c3ccc(F)c(C)c3)C(=O)C(=O)N2CCCOC(C)C)ccc1OC. The van der Waals surface area contributed by atoms with E-state index in [0.717, 1.165) is 0 Å². The van der Waals surface area contributed by atoms with E-state index in [-0.39, 0.29) is 29.5 Å². The fourth-order valence-electron chi connectivity index (χ4n) is 4.09. The van der Waals surface area contributed by atoms with Crippen LogP contribution in [-0.4, -0.2) is 54.7 Å². The average Bonchev–Trinajstić information content (AvgIpc) is 3.08. The van der Waals surface area contributed by atoms with Crippen LogP contribution in [0.1, 0.15) is 49.9 Å². The van der Waals surface area contributed by atoms with Gasteiger partial charge in [0.25, 0.3) is 11.7 Å². The Morgan fingerprint density at radius 1 is 1.14 bits per heavy atom. The zero-order chi connectivity index (χ0) is 25.7. The first-order valence-electron chi connectivity index (χ1n) is 11.7. The van der Waals surface area contributed by atoms with Crippen molar-refractivity contribution < 1.29 is 33.3 Å². The van der Waals surface area contributed by atoms with E-state index in [1.807, 2.05) is 20.8 Å². The van der Waals surface area contributed by atoms with Crippen LogP contribution in [0, 0.1) is 12.7 Å². The molecule has 7 nitrogen and oxygen atoms in total. The Bertz CT molecular complexity index is 1130. The topological polar surface area (TPSA) is 85.3 Å². The first-order chi connectivity index (χ1) is 16.7. The van der Waals surface area contributed by atoms with E-state index in [9.17, 15) is 19.1 Å². The second-order valence-electron chi connectivity index (χ2n) is 8.57. The minimum Gasteiger partial charge on any atom is -0.507 e. The Hall–Kier alpha value is -3.39. The lowest BCUT2D eigenvalue weighted by molar-refractivity contribution is -0.140. The number of aliphatic hydroxyl groups is 1. The van der Waals surface area contributed by atoms with Crippen LogP contribution in [-0.2, 0) is 14.3 Å². The van der Waals surface area contributed by atoms with Crippen molar-refractivity contribution in [3.05, 3.63) is 64.5 Å². The highest BCUT2D eigenvalue weighted by atomic mass is 19.1. The summed E-state index contributed by atoms with van der Waals surface area (Å²) >= 11 is 0. The molecule has 188 valence electrons. The molecule has 1 atom stereocenters. The van der Waals surface area contributed by atoms with Crippen LogP contribution in [0.5, 0.6) is 11.5 Å². The van der Waals surface area contributed by atoms with Gasteiger partial charge in [-0.25, -0.2) is 4.39 Å². The number of hydrogen-bond acceptors (Lipinski definition) is 6. The molecule has 1 unspecified atom stereocenters. The highest BCUT2D eigenvalue weighted by Crippen LogP contribution is 2.42. The Balaban J connectivity index is 2.12. The van der Waals surface area contributed by atoms with E-state index >= 15 is 0 Å². The lowest BCUT2D eigenvalue weighted by atomic mass is 9.94. The van der Waals surface area contributed by atoms with E-state index in [0.29, 0.717) is 42.3 Å². The molecule has 3 rings (SSSR count). The lowest BCUT2D eigenvalue weighted by Crippen LogP contribution is -2.31. The average molecular weight is 486 g/mol. The van der Waals surface area contributed by atoms with Gasteiger partial charge in [0.2, 0.25) is 0 Å². The maximum Gasteiger partial charge on any atom is 0.295 e. The largest absolute Gasteiger partial charge is 0.507 e. The van der Waals surface area contributed by atoms with E-state index < -0.39 is 23.5 Å². The summed E-state index contributed by atoms with van der Waals surface area (Å²) < 4.78 is 30.5. The maximum atomic E-state index is 13.8. The second kappa shape index (κ2) is 11.4. The molecule has 8 heteroatoms. The van der Waals surface area contributed by atoms with Gasteiger partial charge in [0.05, 0.1) is 31.4 Å². The Morgan fingerprint density at radius 3 is 2.51 bits per heavy atom. The van der Waals surface area contributed by atoms with Crippen molar-refractivity contribution >= 4 is 17.4 Å². The number of ether oxygens (including phenoxy) is 3. The predicted molar refractivity (Wildman–Crippen MR) is 130 cm³/mol. The van der Waals surface area contributed by atoms with E-state index in [2.05, 4.69) is 0 Å². The molecule has 1 aliphatic rings. The number of nitrogens with zero attached hydrogens (tertiary/aromatic N) is 1. The normalized spacial score (nSPS) is 17.3. The molecule has 1 aliphatic heterocycles. The Morgan fingerprint density at radius 2 is 1.89 bits per heavy atom. The number of ketones is 1. The number of methoxy groups -OCH3 is 1. The number of amides is 1. The molecule has 2 aromatic carbocycles. The molecular formula is C27H32FNO6. The van der Waals surface area contributed by atoms with Crippen LogP contribution in [0.4, 0.5) is 4.39 Å². The number of rotatable bonds is 10. The van der Waals surface area contributed by atoms with Crippen molar-refractivity contribution in [3.8, 4) is 11.5 Å². The molecule has 1 fully saturated rings. The fraction of sp³-hybridized carbons (Fsp3) is 0.407. The fourth-order valence-corrected chi connectivity index (χ4v) is 4.09. The van der Waals surface area contributed by atoms with Crippen LogP contribution in [0.25, 0.3) is 5.76 Å². The molecule has 0 aromatic heterocycles. The van der Waals surface area contributed by atoms with Gasteiger partial charge >= 0.3 is 0 Å². The van der Waals surface area contributed by atoms with Crippen molar-refractivity contribution in [1.29, 1.82) is 0 Å². The molecular weight excluding hydrogens is 453 g/mol. The molecule has 1 amide bonds. The van der Waals surface area contributed by atoms with Gasteiger partial charge in [-0.15, -0.1) is 0 Å². The van der Waals surface area contributed by atoms with Gasteiger partial charge in [0.1, 0.15) is 11.6 Å². The third kappa shape index (κ3) is 5.65. The highest BCUT2D eigenvalue weighted by Gasteiger charge is 2.46. The van der Waals surface area contributed by atoms with Crippen molar-refractivity contribution in [2.45, 2.75) is 46.3 Å². The van der Waals surface area contributed by atoms with Crippen LogP contribution in [0.3, 0.4) is 0 Å². The van der Waals surface area contributed by atoms with Gasteiger partial charge in [0, 0.05) is 18.7 Å². The van der Waals surface area contributed by atoms with Crippen LogP contribution in [0.15, 0.2) is 42.0 Å². The zero-order valence-electron chi connectivity index (χ0n) is 20.8. The van der Waals surface area contributed by atoms with Gasteiger partial charge < -0.3 is 24.2 Å². The minimum atomic E-state index is -0.857. The van der Waals surface area contributed by atoms with Gasteiger partial charge in [0.15, 0.2) is 11.5 Å². The first kappa shape index (κ1) is 26.2. The molecule has 1 heterocycles. The number of carbonyl (C=O) groups excluding carboxylic acids is 2. The first-order valence-corrected chi connectivity index (χ1v) is 11.7. The summed E-state index contributed by atoms with van der Waals surface area (Å²) in [6.45, 7) is 8.29. The third-order valence-corrected chi connectivity index (χ3v) is 5.77. The van der Waals surface area contributed by atoms with Crippen molar-refractivity contribution in [2.75, 3.05) is 26.9 Å². The lowest BCUT2D eigenvalue weighted by Gasteiger charge is -2.26. The van der Waals surface area contributed by atoms with Crippen molar-refractivity contribution in [2.24, 2.45) is 0 Å². The molecule has 35 heavy (non-hydrogen) atoms. The number of aryl methyl sites for hydroxylation is 1. The maximum absolute atomic E-state index is 13.8. The number of hydrogen-bond donors (Lipinski definition) is 1. The van der Waals surface area contributed by atoms with Crippen LogP contribution in [0.2, 0.25) is 0 Å². The van der Waals surface area contributed by atoms with Crippen LogP contribution >= 0.6 is 0 Å². The summed E-state index contributed by atoms with van der Waals surface area (Å²) in [4.78, 5) is 27.7.